The molecule has 0 saturated carbocycles. The molecule has 5 heteroatoms. The third-order valence-corrected chi connectivity index (χ3v) is 4.49. The van der Waals surface area contributed by atoms with Crippen molar-refractivity contribution in [1.29, 1.82) is 0 Å². The molecule has 2 aromatic carbocycles. The number of nitrogens with zero attached hydrogens (tertiary/aromatic N) is 1. The number of nitrogens with one attached hydrogen (secondary N) is 1. The van der Waals surface area contributed by atoms with Crippen LogP contribution < -0.4 is 15.0 Å². The average Bonchev–Trinajstić information content (AvgIpc) is 3.06. The topological polar surface area (TPSA) is 58.6 Å². The van der Waals surface area contributed by atoms with Gasteiger partial charge in [-0.2, -0.15) is 0 Å². The number of hydrogen-bond donors (Lipinski definition) is 1. The highest BCUT2D eigenvalue weighted by atomic mass is 16.5. The van der Waals surface area contributed by atoms with Gasteiger partial charge in [0.05, 0.1) is 6.54 Å². The van der Waals surface area contributed by atoms with Gasteiger partial charge in [-0.3, -0.25) is 9.59 Å². The zero-order valence-electron chi connectivity index (χ0n) is 15.2. The first-order valence-corrected chi connectivity index (χ1v) is 8.93. The first-order valence-electron chi connectivity index (χ1n) is 8.93. The summed E-state index contributed by atoms with van der Waals surface area (Å²) in [7, 11) is 0. The Morgan fingerprint density at radius 2 is 1.92 bits per heavy atom. The summed E-state index contributed by atoms with van der Waals surface area (Å²) >= 11 is 0. The normalized spacial score (nSPS) is 13.8. The monoisotopic (exact) mass is 352 g/mol. The predicted molar refractivity (Wildman–Crippen MR) is 102 cm³/mol. The Kier molecular flexibility index (Phi) is 5.56. The SMILES string of the molecule is Cc1ccc(OCCNC(=O)c2ccc(N3CCCC3=O)cc2)c(C)c1. The number of carbonyl (C=O) groups is 2. The van der Waals surface area contributed by atoms with Crippen molar-refractivity contribution in [2.45, 2.75) is 26.7 Å². The molecular weight excluding hydrogens is 328 g/mol. The van der Waals surface area contributed by atoms with Crippen LogP contribution in [0.25, 0.3) is 0 Å². The smallest absolute Gasteiger partial charge is 0.251 e. The Morgan fingerprint density at radius 3 is 2.58 bits per heavy atom. The van der Waals surface area contributed by atoms with Crippen LogP contribution >= 0.6 is 0 Å². The van der Waals surface area contributed by atoms with Crippen LogP contribution in [0.2, 0.25) is 0 Å². The molecular formula is C21H24N2O3. The maximum Gasteiger partial charge on any atom is 0.251 e. The van der Waals surface area contributed by atoms with Crippen LogP contribution in [-0.2, 0) is 4.79 Å². The van der Waals surface area contributed by atoms with Gasteiger partial charge in [-0.25, -0.2) is 0 Å². The van der Waals surface area contributed by atoms with Gasteiger partial charge in [0.1, 0.15) is 12.4 Å². The van der Waals surface area contributed by atoms with E-state index in [0.29, 0.717) is 25.1 Å². The third-order valence-electron chi connectivity index (χ3n) is 4.49. The summed E-state index contributed by atoms with van der Waals surface area (Å²) in [6.45, 7) is 5.64. The van der Waals surface area contributed by atoms with Crippen molar-refractivity contribution in [3.8, 4) is 5.75 Å². The van der Waals surface area contributed by atoms with Gasteiger partial charge in [-0.05, 0) is 56.2 Å². The van der Waals surface area contributed by atoms with E-state index in [2.05, 4.69) is 11.4 Å². The van der Waals surface area contributed by atoms with Crippen LogP contribution in [0, 0.1) is 13.8 Å². The fourth-order valence-corrected chi connectivity index (χ4v) is 3.10. The Balaban J connectivity index is 1.48. The van der Waals surface area contributed by atoms with Crippen LogP contribution in [0.1, 0.15) is 34.3 Å². The van der Waals surface area contributed by atoms with Crippen LogP contribution in [0.15, 0.2) is 42.5 Å². The lowest BCUT2D eigenvalue weighted by molar-refractivity contribution is -0.117. The van der Waals surface area contributed by atoms with E-state index < -0.39 is 0 Å². The summed E-state index contributed by atoms with van der Waals surface area (Å²) in [6, 6.07) is 13.2. The summed E-state index contributed by atoms with van der Waals surface area (Å²) in [5.41, 5.74) is 3.71. The van der Waals surface area contributed by atoms with Crippen molar-refractivity contribution >= 4 is 17.5 Å². The van der Waals surface area contributed by atoms with Crippen molar-refractivity contribution in [2.75, 3.05) is 24.6 Å². The number of amides is 2. The summed E-state index contributed by atoms with van der Waals surface area (Å²) < 4.78 is 5.72. The highest BCUT2D eigenvalue weighted by Gasteiger charge is 2.21. The highest BCUT2D eigenvalue weighted by Crippen LogP contribution is 2.21. The molecule has 0 radical (unpaired) electrons. The molecule has 1 heterocycles. The van der Waals surface area contributed by atoms with Crippen LogP contribution in [0.5, 0.6) is 5.75 Å². The lowest BCUT2D eigenvalue weighted by atomic mass is 10.1. The first-order chi connectivity index (χ1) is 12.5. The van der Waals surface area contributed by atoms with Gasteiger partial charge >= 0.3 is 0 Å². The molecule has 1 fully saturated rings. The second kappa shape index (κ2) is 8.04. The van der Waals surface area contributed by atoms with E-state index in [1.807, 2.05) is 38.1 Å². The zero-order chi connectivity index (χ0) is 18.5. The number of ether oxygens (including phenoxy) is 1. The predicted octanol–water partition coefficient (Wildman–Crippen LogP) is 3.24. The standard InChI is InChI=1S/C21H24N2O3/c1-15-5-10-19(16(2)14-15)26-13-11-22-21(25)17-6-8-18(9-7-17)23-12-3-4-20(23)24/h5-10,14H,3-4,11-13H2,1-2H3,(H,22,25). The number of anilines is 1. The quantitative estimate of drug-likeness (QED) is 0.812. The van der Waals surface area contributed by atoms with Gasteiger partial charge < -0.3 is 15.0 Å². The minimum atomic E-state index is -0.145. The first kappa shape index (κ1) is 18.0. The van der Waals surface area contributed by atoms with E-state index in [-0.39, 0.29) is 11.8 Å². The van der Waals surface area contributed by atoms with Crippen molar-refractivity contribution in [1.82, 2.24) is 5.32 Å². The highest BCUT2D eigenvalue weighted by molar-refractivity contribution is 5.97. The molecule has 2 aromatic rings. The van der Waals surface area contributed by atoms with Crippen molar-refractivity contribution in [3.05, 3.63) is 59.2 Å². The van der Waals surface area contributed by atoms with Crippen LogP contribution in [0.4, 0.5) is 5.69 Å². The zero-order valence-corrected chi connectivity index (χ0v) is 15.2. The van der Waals surface area contributed by atoms with Gasteiger partial charge in [0.15, 0.2) is 0 Å². The summed E-state index contributed by atoms with van der Waals surface area (Å²) in [4.78, 5) is 25.7. The van der Waals surface area contributed by atoms with Gasteiger partial charge in [0.2, 0.25) is 5.91 Å². The Labute approximate surface area is 154 Å². The van der Waals surface area contributed by atoms with E-state index in [4.69, 9.17) is 4.74 Å². The van der Waals surface area contributed by atoms with Gasteiger partial charge in [-0.1, -0.05) is 17.7 Å². The number of benzene rings is 2. The third kappa shape index (κ3) is 4.23. The van der Waals surface area contributed by atoms with E-state index in [9.17, 15) is 9.59 Å². The van der Waals surface area contributed by atoms with Gasteiger partial charge in [-0.15, -0.1) is 0 Å². The second-order valence-corrected chi connectivity index (χ2v) is 6.57. The molecule has 1 N–H and O–H groups in total. The molecule has 1 aliphatic rings. The van der Waals surface area contributed by atoms with E-state index in [1.165, 1.54) is 5.56 Å². The van der Waals surface area contributed by atoms with Gasteiger partial charge in [0.25, 0.3) is 5.91 Å². The number of aryl methyl sites for hydroxylation is 2. The van der Waals surface area contributed by atoms with Crippen LogP contribution in [0.3, 0.4) is 0 Å². The maximum atomic E-state index is 12.2. The van der Waals surface area contributed by atoms with Crippen LogP contribution in [-0.4, -0.2) is 31.5 Å². The minimum Gasteiger partial charge on any atom is -0.491 e. The Morgan fingerprint density at radius 1 is 1.15 bits per heavy atom. The lowest BCUT2D eigenvalue weighted by Crippen LogP contribution is -2.28. The Bertz CT molecular complexity index is 799. The lowest BCUT2D eigenvalue weighted by Gasteiger charge is -2.16. The summed E-state index contributed by atoms with van der Waals surface area (Å²) in [5, 5.41) is 2.85. The molecule has 3 rings (SSSR count). The number of hydrogen-bond acceptors (Lipinski definition) is 3. The molecule has 26 heavy (non-hydrogen) atoms. The minimum absolute atomic E-state index is 0.144. The fraction of sp³-hybridized carbons (Fsp3) is 0.333. The molecule has 0 aromatic heterocycles. The molecule has 136 valence electrons. The fourth-order valence-electron chi connectivity index (χ4n) is 3.10. The van der Waals surface area contributed by atoms with Crippen molar-refractivity contribution in [3.63, 3.8) is 0 Å². The molecule has 5 nitrogen and oxygen atoms in total. The second-order valence-electron chi connectivity index (χ2n) is 6.57. The van der Waals surface area contributed by atoms with Gasteiger partial charge in [0, 0.05) is 24.2 Å². The maximum absolute atomic E-state index is 12.2. The molecule has 1 aliphatic heterocycles. The van der Waals surface area contributed by atoms with E-state index in [0.717, 1.165) is 30.0 Å². The molecule has 0 spiro atoms. The Hall–Kier alpha value is -2.82. The summed E-state index contributed by atoms with van der Waals surface area (Å²) in [6.07, 6.45) is 1.49. The van der Waals surface area contributed by atoms with Crippen molar-refractivity contribution < 1.29 is 14.3 Å². The molecule has 0 aliphatic carbocycles. The van der Waals surface area contributed by atoms with E-state index >= 15 is 0 Å². The molecule has 2 amide bonds. The molecule has 0 unspecified atom stereocenters. The van der Waals surface area contributed by atoms with E-state index in [1.54, 1.807) is 17.0 Å². The number of carbonyl (C=O) groups excluding carboxylic acids is 2. The molecule has 0 atom stereocenters. The molecule has 0 bridgehead atoms. The van der Waals surface area contributed by atoms with Crippen molar-refractivity contribution in [2.24, 2.45) is 0 Å². The molecule has 1 saturated heterocycles. The average molecular weight is 352 g/mol. The summed E-state index contributed by atoms with van der Waals surface area (Å²) in [5.74, 6) is 0.837. The largest absolute Gasteiger partial charge is 0.491 e. The number of rotatable bonds is 6.